The van der Waals surface area contributed by atoms with Gasteiger partial charge in [-0.25, -0.2) is 10.4 Å². The molecule has 0 fully saturated rings. The summed E-state index contributed by atoms with van der Waals surface area (Å²) < 4.78 is 0. The lowest BCUT2D eigenvalue weighted by Gasteiger charge is -1.98. The predicted molar refractivity (Wildman–Crippen MR) is 87.1 cm³/mol. The van der Waals surface area contributed by atoms with E-state index in [0.717, 1.165) is 10.6 Å². The van der Waals surface area contributed by atoms with Crippen molar-refractivity contribution in [2.45, 2.75) is 5.03 Å². The van der Waals surface area contributed by atoms with Crippen molar-refractivity contribution >= 4 is 30.0 Å². The largest absolute Gasteiger partial charge is 0.272 e. The molecule has 0 saturated carbocycles. The van der Waals surface area contributed by atoms with Gasteiger partial charge in [0.15, 0.2) is 0 Å². The van der Waals surface area contributed by atoms with Crippen molar-refractivity contribution in [2.24, 2.45) is 5.10 Å². The summed E-state index contributed by atoms with van der Waals surface area (Å²) in [5, 5.41) is 4.67. The van der Waals surface area contributed by atoms with Crippen LogP contribution >= 0.6 is 11.8 Å². The average Bonchev–Trinajstić information content (AvgIpc) is 2.54. The minimum Gasteiger partial charge on any atom is -0.272 e. The Morgan fingerprint density at radius 2 is 2.00 bits per heavy atom. The highest BCUT2D eigenvalue weighted by molar-refractivity contribution is 7.99. The monoisotopic (exact) mass is 297 g/mol. The van der Waals surface area contributed by atoms with Crippen molar-refractivity contribution in [2.75, 3.05) is 5.75 Å². The lowest BCUT2D eigenvalue weighted by Crippen LogP contribution is -2.19. The summed E-state index contributed by atoms with van der Waals surface area (Å²) in [6, 6.07) is 15.5. The van der Waals surface area contributed by atoms with Crippen LogP contribution in [-0.2, 0) is 4.79 Å². The molecule has 106 valence electrons. The number of hydrogen-bond acceptors (Lipinski definition) is 4. The lowest BCUT2D eigenvalue weighted by atomic mass is 10.2. The zero-order valence-corrected chi connectivity index (χ0v) is 12.2. The van der Waals surface area contributed by atoms with Crippen molar-refractivity contribution in [3.05, 3.63) is 66.4 Å². The highest BCUT2D eigenvalue weighted by atomic mass is 32.2. The second-order valence-corrected chi connectivity index (χ2v) is 5.04. The minimum absolute atomic E-state index is 0.157. The molecule has 0 saturated heterocycles. The van der Waals surface area contributed by atoms with Crippen LogP contribution in [0, 0.1) is 0 Å². The smallest absolute Gasteiger partial charge is 0.250 e. The van der Waals surface area contributed by atoms with Crippen molar-refractivity contribution < 1.29 is 4.79 Å². The van der Waals surface area contributed by atoms with Gasteiger partial charge in [-0.15, -0.1) is 0 Å². The molecule has 0 bridgehead atoms. The van der Waals surface area contributed by atoms with Gasteiger partial charge in [0, 0.05) is 12.4 Å². The summed E-state index contributed by atoms with van der Waals surface area (Å²) in [6.45, 7) is 0. The van der Waals surface area contributed by atoms with Gasteiger partial charge < -0.3 is 0 Å². The molecule has 0 aliphatic rings. The number of pyridine rings is 1. The predicted octanol–water partition coefficient (Wildman–Crippen LogP) is 2.99. The zero-order valence-electron chi connectivity index (χ0n) is 11.3. The first-order valence-electron chi connectivity index (χ1n) is 6.42. The Kier molecular flexibility index (Phi) is 6.22. The Morgan fingerprint density at radius 1 is 1.19 bits per heavy atom. The maximum absolute atomic E-state index is 11.6. The van der Waals surface area contributed by atoms with Gasteiger partial charge in [-0.1, -0.05) is 54.2 Å². The number of rotatable bonds is 6. The summed E-state index contributed by atoms with van der Waals surface area (Å²) in [4.78, 5) is 15.7. The van der Waals surface area contributed by atoms with E-state index < -0.39 is 0 Å². The standard InChI is InChI=1S/C16H15N3OS/c20-15(13-21-16-10-4-5-11-17-16)19-18-12-6-9-14-7-2-1-3-8-14/h1-12H,13H2,(H,19,20). The Labute approximate surface area is 128 Å². The van der Waals surface area contributed by atoms with Crippen LogP contribution in [0.3, 0.4) is 0 Å². The number of thioether (sulfide) groups is 1. The normalized spacial score (nSPS) is 11.0. The molecule has 0 aliphatic heterocycles. The molecule has 0 unspecified atom stereocenters. The molecule has 1 aromatic heterocycles. The molecule has 0 atom stereocenters. The van der Waals surface area contributed by atoms with Crippen molar-refractivity contribution in [1.29, 1.82) is 0 Å². The number of benzene rings is 1. The molecule has 4 nitrogen and oxygen atoms in total. The molecule has 2 aromatic rings. The van der Waals surface area contributed by atoms with Crippen LogP contribution in [0.25, 0.3) is 6.08 Å². The molecule has 5 heteroatoms. The third kappa shape index (κ3) is 6.05. The van der Waals surface area contributed by atoms with Crippen LogP contribution in [0.5, 0.6) is 0 Å². The Hall–Kier alpha value is -2.40. The number of aromatic nitrogens is 1. The van der Waals surface area contributed by atoms with E-state index >= 15 is 0 Å². The number of carbonyl (C=O) groups excluding carboxylic acids is 1. The molecule has 1 amide bonds. The van der Waals surface area contributed by atoms with Crippen LogP contribution < -0.4 is 5.43 Å². The van der Waals surface area contributed by atoms with Gasteiger partial charge >= 0.3 is 0 Å². The Morgan fingerprint density at radius 3 is 2.76 bits per heavy atom. The van der Waals surface area contributed by atoms with E-state index in [0.29, 0.717) is 0 Å². The molecule has 1 aromatic carbocycles. The summed E-state index contributed by atoms with van der Waals surface area (Å²) in [7, 11) is 0. The van der Waals surface area contributed by atoms with E-state index in [4.69, 9.17) is 0 Å². The maximum atomic E-state index is 11.6. The summed E-state index contributed by atoms with van der Waals surface area (Å²) in [5.41, 5.74) is 3.55. The minimum atomic E-state index is -0.157. The first-order valence-corrected chi connectivity index (χ1v) is 7.40. The van der Waals surface area contributed by atoms with E-state index in [1.807, 2.05) is 54.6 Å². The SMILES string of the molecule is O=C(CSc1ccccn1)NN=CC=Cc1ccccc1. The molecule has 1 heterocycles. The van der Waals surface area contributed by atoms with E-state index in [2.05, 4.69) is 15.5 Å². The van der Waals surface area contributed by atoms with Crippen LogP contribution in [0.4, 0.5) is 0 Å². The number of allylic oxidation sites excluding steroid dienone is 1. The molecule has 21 heavy (non-hydrogen) atoms. The number of hydrogen-bond donors (Lipinski definition) is 1. The van der Waals surface area contributed by atoms with Gasteiger partial charge in [0.2, 0.25) is 5.91 Å². The molecule has 0 spiro atoms. The van der Waals surface area contributed by atoms with Crippen LogP contribution in [0.15, 0.2) is 70.9 Å². The maximum Gasteiger partial charge on any atom is 0.250 e. The number of nitrogens with one attached hydrogen (secondary N) is 1. The van der Waals surface area contributed by atoms with Crippen molar-refractivity contribution in [1.82, 2.24) is 10.4 Å². The third-order valence-electron chi connectivity index (χ3n) is 2.43. The molecule has 2 rings (SSSR count). The van der Waals surface area contributed by atoms with Gasteiger partial charge in [0.1, 0.15) is 0 Å². The van der Waals surface area contributed by atoms with Gasteiger partial charge in [-0.3, -0.25) is 4.79 Å². The molecular weight excluding hydrogens is 282 g/mol. The van der Waals surface area contributed by atoms with Crippen molar-refractivity contribution in [3.63, 3.8) is 0 Å². The average molecular weight is 297 g/mol. The summed E-state index contributed by atoms with van der Waals surface area (Å²) >= 11 is 1.37. The first-order chi connectivity index (χ1) is 10.3. The third-order valence-corrected chi connectivity index (χ3v) is 3.37. The lowest BCUT2D eigenvalue weighted by molar-refractivity contribution is -0.118. The zero-order chi connectivity index (χ0) is 14.8. The van der Waals surface area contributed by atoms with Crippen LogP contribution in [0.2, 0.25) is 0 Å². The summed E-state index contributed by atoms with van der Waals surface area (Å²) in [5.74, 6) is 0.131. The Balaban J connectivity index is 1.69. The second-order valence-electron chi connectivity index (χ2n) is 4.04. The fourth-order valence-electron chi connectivity index (χ4n) is 1.47. The second kappa shape index (κ2) is 8.71. The molecular formula is C16H15N3OS. The molecule has 0 radical (unpaired) electrons. The number of carbonyl (C=O) groups is 1. The Bertz CT molecular complexity index is 612. The van der Waals surface area contributed by atoms with Crippen molar-refractivity contribution in [3.8, 4) is 0 Å². The topological polar surface area (TPSA) is 54.4 Å². The van der Waals surface area contributed by atoms with E-state index in [-0.39, 0.29) is 11.7 Å². The fourth-order valence-corrected chi connectivity index (χ4v) is 2.13. The van der Waals surface area contributed by atoms with E-state index in [9.17, 15) is 4.79 Å². The number of nitrogens with zero attached hydrogens (tertiary/aromatic N) is 2. The molecule has 1 N–H and O–H groups in total. The first kappa shape index (κ1) is 15.0. The van der Waals surface area contributed by atoms with E-state index in [1.54, 1.807) is 18.5 Å². The van der Waals surface area contributed by atoms with Crippen LogP contribution in [-0.4, -0.2) is 22.9 Å². The van der Waals surface area contributed by atoms with Gasteiger partial charge in [-0.2, -0.15) is 5.10 Å². The van der Waals surface area contributed by atoms with E-state index in [1.165, 1.54) is 11.8 Å². The van der Waals surface area contributed by atoms with Gasteiger partial charge in [0.05, 0.1) is 10.8 Å². The highest BCUT2D eigenvalue weighted by Gasteiger charge is 2.01. The number of amides is 1. The van der Waals surface area contributed by atoms with Gasteiger partial charge in [0.25, 0.3) is 0 Å². The van der Waals surface area contributed by atoms with Crippen LogP contribution in [0.1, 0.15) is 5.56 Å². The highest BCUT2D eigenvalue weighted by Crippen LogP contribution is 2.12. The molecule has 0 aliphatic carbocycles. The van der Waals surface area contributed by atoms with Gasteiger partial charge in [-0.05, 0) is 23.8 Å². The fraction of sp³-hybridized carbons (Fsp3) is 0.0625. The summed E-state index contributed by atoms with van der Waals surface area (Å²) in [6.07, 6.45) is 6.95. The number of hydrazone groups is 1. The quantitative estimate of drug-likeness (QED) is 0.506.